The van der Waals surface area contributed by atoms with Gasteiger partial charge in [-0.3, -0.25) is 9.69 Å². The number of primary sulfonamides is 1. The number of nitrogens with zero attached hydrogens (tertiary/aromatic N) is 4. The number of nitrogens with two attached hydrogens (primary N) is 2. The van der Waals surface area contributed by atoms with E-state index in [2.05, 4.69) is 46.7 Å². The van der Waals surface area contributed by atoms with Crippen molar-refractivity contribution in [3.8, 4) is 17.1 Å². The number of hydrogen-bond acceptors (Lipinski definition) is 8. The Hall–Kier alpha value is -4.08. The number of hydrogen-bond donors (Lipinski definition) is 4. The Balaban J connectivity index is 1.40. The molecule has 12 nitrogen and oxygen atoms in total. The molecule has 1 atom stereocenters. The Kier molecular flexibility index (Phi) is 8.26. The minimum Gasteiger partial charge on any atom is -0.379 e. The van der Waals surface area contributed by atoms with E-state index in [-0.39, 0.29) is 4.90 Å². The van der Waals surface area contributed by atoms with E-state index in [0.717, 1.165) is 33.8 Å². The maximum atomic E-state index is 12.6. The minimum absolute atomic E-state index is 0.00174. The molecule has 1 unspecified atom stereocenters. The van der Waals surface area contributed by atoms with Crippen molar-refractivity contribution in [3.63, 3.8) is 0 Å². The van der Waals surface area contributed by atoms with E-state index in [9.17, 15) is 13.2 Å². The second-order valence-electron chi connectivity index (χ2n) is 11.1. The van der Waals surface area contributed by atoms with Crippen LogP contribution in [0.1, 0.15) is 28.6 Å². The molecule has 1 aliphatic heterocycles. The number of sulfonamides is 1. The average Bonchev–Trinajstić information content (AvgIpc) is 3.56. The van der Waals surface area contributed by atoms with Crippen LogP contribution in [0, 0.1) is 20.8 Å². The van der Waals surface area contributed by atoms with Crippen LogP contribution in [0.15, 0.2) is 64.1 Å². The summed E-state index contributed by atoms with van der Waals surface area (Å²) in [4.78, 5) is 27.4. The lowest BCUT2D eigenvalue weighted by Gasteiger charge is -2.33. The summed E-state index contributed by atoms with van der Waals surface area (Å²) in [6.45, 7) is 8.47. The number of fused-ring (bicyclic) bond motifs is 1. The van der Waals surface area contributed by atoms with Gasteiger partial charge >= 0.3 is 0 Å². The van der Waals surface area contributed by atoms with Crippen molar-refractivity contribution in [3.05, 3.63) is 81.7 Å². The highest BCUT2D eigenvalue weighted by atomic mass is 79.9. The number of imidazole rings is 1. The Bertz CT molecular complexity index is 2050. The van der Waals surface area contributed by atoms with E-state index in [1.165, 1.54) is 12.1 Å². The lowest BCUT2D eigenvalue weighted by Crippen LogP contribution is -2.44. The number of aryl methyl sites for hydroxylation is 2. The normalized spacial score (nSPS) is 15.0. The number of anilines is 2. The van der Waals surface area contributed by atoms with Crippen molar-refractivity contribution in [2.45, 2.75) is 31.7 Å². The van der Waals surface area contributed by atoms with Crippen LogP contribution in [-0.4, -0.2) is 65.0 Å². The summed E-state index contributed by atoms with van der Waals surface area (Å²) >= 11 is 3.56. The SMILES string of the molecule is Cc1ccc(C(C(N)=O)N2CCOCC2)cc1-n1c(C)cc(-c2nc3ncc(Br)c(Nc4cccc(S(N)(=O)=O)c4)c3[nH]2)c1C. The summed E-state index contributed by atoms with van der Waals surface area (Å²) in [5.74, 6) is 0.225. The number of ether oxygens (including phenoxy) is 1. The van der Waals surface area contributed by atoms with Gasteiger partial charge in [-0.2, -0.15) is 0 Å². The van der Waals surface area contributed by atoms with Gasteiger partial charge in [-0.25, -0.2) is 23.5 Å². The second kappa shape index (κ2) is 12.0. The van der Waals surface area contributed by atoms with Crippen LogP contribution in [0.3, 0.4) is 0 Å². The first-order valence-electron chi connectivity index (χ1n) is 14.3. The van der Waals surface area contributed by atoms with Gasteiger partial charge in [0.25, 0.3) is 0 Å². The van der Waals surface area contributed by atoms with Crippen LogP contribution in [-0.2, 0) is 19.6 Å². The number of nitrogens with one attached hydrogen (secondary N) is 2. The molecule has 0 aliphatic carbocycles. The number of aromatic amines is 1. The van der Waals surface area contributed by atoms with Crippen molar-refractivity contribution >= 4 is 54.4 Å². The number of carbonyl (C=O) groups is 1. The van der Waals surface area contributed by atoms with Gasteiger partial charge in [-0.05, 0) is 78.2 Å². The van der Waals surface area contributed by atoms with Crippen molar-refractivity contribution in [1.82, 2.24) is 24.4 Å². The Morgan fingerprint density at radius 3 is 2.58 bits per heavy atom. The third-order valence-corrected chi connectivity index (χ3v) is 9.57. The van der Waals surface area contributed by atoms with Gasteiger partial charge in [0.15, 0.2) is 5.65 Å². The highest BCUT2D eigenvalue weighted by Crippen LogP contribution is 2.36. The number of rotatable bonds is 8. The van der Waals surface area contributed by atoms with Gasteiger partial charge < -0.3 is 25.3 Å². The topological polar surface area (TPSA) is 174 Å². The number of benzene rings is 2. The Labute approximate surface area is 269 Å². The van der Waals surface area contributed by atoms with Gasteiger partial charge in [0.1, 0.15) is 17.4 Å². The van der Waals surface area contributed by atoms with E-state index in [4.69, 9.17) is 20.6 Å². The number of morpholine rings is 1. The zero-order valence-corrected chi connectivity index (χ0v) is 27.4. The van der Waals surface area contributed by atoms with Gasteiger partial charge in [0.05, 0.1) is 28.3 Å². The zero-order chi connectivity index (χ0) is 32.0. The molecule has 1 amide bonds. The maximum absolute atomic E-state index is 12.6. The lowest BCUT2D eigenvalue weighted by molar-refractivity contribution is -0.125. The molecule has 6 N–H and O–H groups in total. The van der Waals surface area contributed by atoms with Crippen LogP contribution >= 0.6 is 15.9 Å². The second-order valence-corrected chi connectivity index (χ2v) is 13.5. The van der Waals surface area contributed by atoms with E-state index >= 15 is 0 Å². The molecule has 2 aromatic carbocycles. The molecule has 0 saturated carbocycles. The van der Waals surface area contributed by atoms with E-state index in [0.29, 0.717) is 59.1 Å². The number of pyridine rings is 1. The van der Waals surface area contributed by atoms with Crippen LogP contribution in [0.2, 0.25) is 0 Å². The minimum atomic E-state index is -3.87. The molecule has 0 bridgehead atoms. The predicted octanol–water partition coefficient (Wildman–Crippen LogP) is 4.35. The van der Waals surface area contributed by atoms with Crippen LogP contribution in [0.4, 0.5) is 11.4 Å². The monoisotopic (exact) mass is 692 g/mol. The van der Waals surface area contributed by atoms with Crippen LogP contribution < -0.4 is 16.2 Å². The summed E-state index contributed by atoms with van der Waals surface area (Å²) < 4.78 is 32.1. The van der Waals surface area contributed by atoms with Gasteiger partial charge in [0.2, 0.25) is 15.9 Å². The highest BCUT2D eigenvalue weighted by Gasteiger charge is 2.28. The number of carbonyl (C=O) groups excluding carboxylic acids is 1. The fraction of sp³-hybridized carbons (Fsp3) is 0.258. The molecule has 4 heterocycles. The zero-order valence-electron chi connectivity index (χ0n) is 25.0. The third-order valence-electron chi connectivity index (χ3n) is 8.06. The fourth-order valence-electron chi connectivity index (χ4n) is 5.88. The van der Waals surface area contributed by atoms with Crippen LogP contribution in [0.5, 0.6) is 0 Å². The highest BCUT2D eigenvalue weighted by molar-refractivity contribution is 9.10. The van der Waals surface area contributed by atoms with Crippen molar-refractivity contribution < 1.29 is 17.9 Å². The van der Waals surface area contributed by atoms with E-state index < -0.39 is 22.0 Å². The van der Waals surface area contributed by atoms with E-state index in [1.54, 1.807) is 18.3 Å². The van der Waals surface area contributed by atoms with Crippen molar-refractivity contribution in [2.75, 3.05) is 31.6 Å². The molecular formula is C31H33BrN8O4S. The smallest absolute Gasteiger partial charge is 0.239 e. The van der Waals surface area contributed by atoms with Gasteiger partial charge in [-0.15, -0.1) is 0 Å². The fourth-order valence-corrected chi connectivity index (χ4v) is 6.84. The molecular weight excluding hydrogens is 660 g/mol. The Morgan fingerprint density at radius 2 is 1.87 bits per heavy atom. The molecule has 45 heavy (non-hydrogen) atoms. The predicted molar refractivity (Wildman–Crippen MR) is 176 cm³/mol. The maximum Gasteiger partial charge on any atom is 0.239 e. The number of aromatic nitrogens is 4. The molecule has 14 heteroatoms. The summed E-state index contributed by atoms with van der Waals surface area (Å²) in [7, 11) is -3.87. The molecule has 5 aromatic rings. The summed E-state index contributed by atoms with van der Waals surface area (Å²) in [6, 6.07) is 13.8. The molecule has 0 spiro atoms. The average molecular weight is 694 g/mol. The first kappa shape index (κ1) is 30.9. The molecule has 234 valence electrons. The largest absolute Gasteiger partial charge is 0.379 e. The quantitative estimate of drug-likeness (QED) is 0.186. The van der Waals surface area contributed by atoms with Gasteiger partial charge in [-0.1, -0.05) is 18.2 Å². The lowest BCUT2D eigenvalue weighted by atomic mass is 10.0. The molecule has 1 fully saturated rings. The summed E-state index contributed by atoms with van der Waals surface area (Å²) in [5, 5.41) is 8.61. The number of H-pyrrole nitrogens is 1. The summed E-state index contributed by atoms with van der Waals surface area (Å²) in [6.07, 6.45) is 1.64. The number of amides is 1. The molecule has 0 radical (unpaired) electrons. The third kappa shape index (κ3) is 5.99. The summed E-state index contributed by atoms with van der Waals surface area (Å²) in [5.41, 5.74) is 13.8. The first-order valence-corrected chi connectivity index (χ1v) is 16.6. The molecule has 1 saturated heterocycles. The standard InChI is InChI=1S/C31H33BrN8O4S/c1-17-7-8-20(28(29(33)41)39-9-11-44-12-10-39)14-25(17)40-18(2)13-23(19(40)3)30-37-27-26(24(32)16-35-31(27)38-30)36-21-5-4-6-22(15-21)45(34,42)43/h4-8,13-16,28H,9-12H2,1-3H3,(H2,33,41)(H2,34,42,43)(H2,35,36,37,38). The van der Waals surface area contributed by atoms with Crippen molar-refractivity contribution in [1.29, 1.82) is 0 Å². The van der Waals surface area contributed by atoms with Crippen molar-refractivity contribution in [2.24, 2.45) is 10.9 Å². The molecule has 6 rings (SSSR count). The molecule has 3 aromatic heterocycles. The van der Waals surface area contributed by atoms with E-state index in [1.807, 2.05) is 39.0 Å². The van der Waals surface area contributed by atoms with Crippen LogP contribution in [0.25, 0.3) is 28.2 Å². The Morgan fingerprint density at radius 1 is 1.11 bits per heavy atom. The van der Waals surface area contributed by atoms with Gasteiger partial charge in [0, 0.05) is 47.6 Å². The first-order chi connectivity index (χ1) is 21.4. The molecule has 1 aliphatic rings. The number of primary amides is 1. The number of halogens is 1.